The smallest absolute Gasteiger partial charge is 0.0418 e. The predicted octanol–water partition coefficient (Wildman–Crippen LogP) is 3.60. The van der Waals surface area contributed by atoms with E-state index in [-0.39, 0.29) is 0 Å². The number of rotatable bonds is 3. The molecule has 0 N–H and O–H groups in total. The monoisotopic (exact) mass is 218 g/mol. The van der Waals surface area contributed by atoms with Crippen molar-refractivity contribution in [2.75, 3.05) is 0 Å². The first-order valence-corrected chi connectivity index (χ1v) is 15.2. The molecule has 0 heterocycles. The number of hydrogen-bond acceptors (Lipinski definition) is 0. The molecule has 0 radical (unpaired) electrons. The zero-order valence-electron chi connectivity index (χ0n) is 10.2. The fourth-order valence-corrected chi connectivity index (χ4v) is 29.7. The molecule has 12 heavy (non-hydrogen) atoms. The molecule has 0 saturated carbocycles. The summed E-state index contributed by atoms with van der Waals surface area (Å²) in [6.07, 6.45) is 0. The Morgan fingerprint density at radius 1 is 0.750 bits per heavy atom. The molecule has 0 unspecified atom stereocenters. The summed E-state index contributed by atoms with van der Waals surface area (Å²) in [4.78, 5) is 1.20. The highest BCUT2D eigenvalue weighted by Gasteiger charge is 2.39. The summed E-state index contributed by atoms with van der Waals surface area (Å²) in [6, 6.07) is 0. The molecule has 0 aliphatic rings. The molecule has 0 amide bonds. The lowest BCUT2D eigenvalue weighted by atomic mass is 11.7. The van der Waals surface area contributed by atoms with Gasteiger partial charge in [-0.2, -0.15) is 0 Å². The van der Waals surface area contributed by atoms with Crippen LogP contribution in [0.15, 0.2) is 0 Å². The van der Waals surface area contributed by atoms with Crippen molar-refractivity contribution in [3.05, 3.63) is 0 Å². The third-order valence-electron chi connectivity index (χ3n) is 2.53. The van der Waals surface area contributed by atoms with Crippen molar-refractivity contribution in [1.82, 2.24) is 0 Å². The van der Waals surface area contributed by atoms with Crippen molar-refractivity contribution in [3.8, 4) is 0 Å². The summed E-state index contributed by atoms with van der Waals surface area (Å²) in [5.74, 6) is 0. The van der Waals surface area contributed by atoms with Crippen LogP contribution >= 0.6 is 0 Å². The van der Waals surface area contributed by atoms with Gasteiger partial charge in [0.15, 0.2) is 0 Å². The van der Waals surface area contributed by atoms with Gasteiger partial charge in [-0.05, 0) is 0 Å². The second kappa shape index (κ2) is 3.80. The highest BCUT2D eigenvalue weighted by atomic mass is 28.4. The topological polar surface area (TPSA) is 0 Å². The first-order chi connectivity index (χ1) is 5.07. The normalized spacial score (nSPS) is 14.5. The van der Waals surface area contributed by atoms with Gasteiger partial charge in [-0.1, -0.05) is 57.2 Å². The number of hydrogen-bond donors (Lipinski definition) is 0. The molecule has 0 rings (SSSR count). The lowest BCUT2D eigenvalue weighted by Gasteiger charge is -2.41. The Kier molecular flexibility index (Phi) is 4.01. The van der Waals surface area contributed by atoms with Gasteiger partial charge in [-0.15, -0.1) is 0 Å². The van der Waals surface area contributed by atoms with Crippen molar-refractivity contribution in [3.63, 3.8) is 0 Å². The summed E-state index contributed by atoms with van der Waals surface area (Å²) in [5, 5.41) is 0. The maximum absolute atomic E-state index is 2.56. The van der Waals surface area contributed by atoms with Crippen molar-refractivity contribution in [2.45, 2.75) is 57.2 Å². The minimum atomic E-state index is -0.862. The third-order valence-corrected chi connectivity index (χ3v) is 22.8. The van der Waals surface area contributed by atoms with Crippen LogP contribution in [0, 0.1) is 0 Å². The van der Waals surface area contributed by atoms with E-state index in [1.54, 1.807) is 0 Å². The van der Waals surface area contributed by atoms with Gasteiger partial charge in [0, 0.05) is 24.9 Å². The minimum Gasteiger partial charge on any atom is -0.0724 e. The maximum atomic E-state index is 2.56. The Morgan fingerprint density at radius 3 is 1.00 bits per heavy atom. The van der Waals surface area contributed by atoms with E-state index in [9.17, 15) is 0 Å². The van der Waals surface area contributed by atoms with E-state index in [1.807, 2.05) is 0 Å². The fourth-order valence-electron chi connectivity index (χ4n) is 3.30. The van der Waals surface area contributed by atoms with Gasteiger partial charge >= 0.3 is 0 Å². The molecule has 3 heteroatoms. The van der Waals surface area contributed by atoms with E-state index < -0.39 is 24.9 Å². The van der Waals surface area contributed by atoms with Crippen LogP contribution in [-0.2, 0) is 0 Å². The van der Waals surface area contributed by atoms with E-state index in [2.05, 4.69) is 52.4 Å². The average Bonchev–Trinajstić information content (AvgIpc) is 1.49. The van der Waals surface area contributed by atoms with Crippen LogP contribution in [0.1, 0.15) is 0 Å². The van der Waals surface area contributed by atoms with Crippen LogP contribution in [0.25, 0.3) is 0 Å². The molecular weight excluding hydrogens is 192 g/mol. The van der Waals surface area contributed by atoms with Gasteiger partial charge in [-0.25, -0.2) is 0 Å². The highest BCUT2D eigenvalue weighted by Crippen LogP contribution is 2.34. The fraction of sp³-hybridized carbons (Fsp3) is 1.00. The molecule has 0 atom stereocenters. The molecule has 0 nitrogen and oxygen atoms in total. The van der Waals surface area contributed by atoms with Crippen LogP contribution in [0.2, 0.25) is 57.2 Å². The zero-order valence-corrected chi connectivity index (χ0v) is 13.3. The summed E-state index contributed by atoms with van der Waals surface area (Å²) in [5.41, 5.74) is 0. The van der Waals surface area contributed by atoms with Gasteiger partial charge in [-0.3, -0.25) is 0 Å². The first kappa shape index (κ1) is 12.7. The van der Waals surface area contributed by atoms with Crippen LogP contribution in [0.3, 0.4) is 0 Å². The second-order valence-electron chi connectivity index (χ2n) is 6.45. The minimum absolute atomic E-state index is 0.412. The Hall–Kier alpha value is 0.651. The van der Waals surface area contributed by atoms with Gasteiger partial charge in [0.05, 0.1) is 0 Å². The van der Waals surface area contributed by atoms with Gasteiger partial charge in [0.25, 0.3) is 0 Å². The van der Waals surface area contributed by atoms with Crippen LogP contribution < -0.4 is 0 Å². The van der Waals surface area contributed by atoms with E-state index in [4.69, 9.17) is 0 Å². The SMILES string of the molecule is C[SiH](C)C([Si](C)(C)C)[Si](C)(C)C. The first-order valence-electron chi connectivity index (χ1n) is 5.07. The largest absolute Gasteiger partial charge is 0.0724 e. The van der Waals surface area contributed by atoms with E-state index >= 15 is 0 Å². The van der Waals surface area contributed by atoms with Crippen molar-refractivity contribution in [2.24, 2.45) is 0 Å². The molecule has 0 saturated heterocycles. The Labute approximate surface area is 82.4 Å². The van der Waals surface area contributed by atoms with Gasteiger partial charge in [0.2, 0.25) is 0 Å². The van der Waals surface area contributed by atoms with E-state index in [1.165, 1.54) is 4.79 Å². The summed E-state index contributed by atoms with van der Waals surface area (Å²) in [6.45, 7) is 20.4. The molecule has 0 fully saturated rings. The average molecular weight is 219 g/mol. The molecule has 0 aromatic rings. The third kappa shape index (κ3) is 3.58. The van der Waals surface area contributed by atoms with E-state index in [0.29, 0.717) is 0 Å². The lowest BCUT2D eigenvalue weighted by molar-refractivity contribution is 1.39. The van der Waals surface area contributed by atoms with Gasteiger partial charge in [0.1, 0.15) is 0 Å². The van der Waals surface area contributed by atoms with Crippen molar-refractivity contribution >= 4 is 24.9 Å². The molecular formula is C9H26Si3. The van der Waals surface area contributed by atoms with Crippen LogP contribution in [0.5, 0.6) is 0 Å². The Morgan fingerprint density at radius 2 is 1.00 bits per heavy atom. The Bertz CT molecular complexity index is 125. The van der Waals surface area contributed by atoms with Crippen molar-refractivity contribution < 1.29 is 0 Å². The molecule has 0 aromatic heterocycles. The molecule has 0 aliphatic carbocycles. The van der Waals surface area contributed by atoms with Gasteiger partial charge < -0.3 is 0 Å². The van der Waals surface area contributed by atoms with E-state index in [0.717, 1.165) is 0 Å². The molecule has 0 bridgehead atoms. The summed E-state index contributed by atoms with van der Waals surface area (Å²) < 4.78 is 0. The quantitative estimate of drug-likeness (QED) is 0.635. The standard InChI is InChI=1S/C9H26Si3/c1-10(2)9(11(3,4)5)12(6,7)8/h9-10H,1-8H3. The zero-order chi connectivity index (χ0) is 10.2. The summed E-state index contributed by atoms with van der Waals surface area (Å²) >= 11 is 0. The predicted molar refractivity (Wildman–Crippen MR) is 69.3 cm³/mol. The summed E-state index contributed by atoms with van der Waals surface area (Å²) in [7, 11) is -2.14. The molecule has 0 spiro atoms. The lowest BCUT2D eigenvalue weighted by Crippen LogP contribution is -2.49. The molecule has 74 valence electrons. The van der Waals surface area contributed by atoms with Crippen molar-refractivity contribution in [1.29, 1.82) is 0 Å². The highest BCUT2D eigenvalue weighted by molar-refractivity contribution is 7.07. The maximum Gasteiger partial charge on any atom is 0.0418 e. The van der Waals surface area contributed by atoms with Crippen LogP contribution in [-0.4, -0.2) is 24.9 Å². The van der Waals surface area contributed by atoms with Crippen LogP contribution in [0.4, 0.5) is 0 Å². The molecule has 0 aliphatic heterocycles. The molecule has 0 aromatic carbocycles. The Balaban J connectivity index is 4.70. The second-order valence-corrected chi connectivity index (χ2v) is 22.2.